The fraction of sp³-hybridized carbons (Fsp3) is 0.750. The molecule has 1 aliphatic carbocycles. The van der Waals surface area contributed by atoms with Crippen molar-refractivity contribution in [3.63, 3.8) is 0 Å². The molecule has 1 heterocycles. The van der Waals surface area contributed by atoms with Gasteiger partial charge in [-0.2, -0.15) is 0 Å². The molecule has 0 radical (unpaired) electrons. The third kappa shape index (κ3) is 4.56. The maximum Gasteiger partial charge on any atom is 0.134 e. The second kappa shape index (κ2) is 8.17. The Morgan fingerprint density at radius 1 is 1.10 bits per heavy atom. The highest BCUT2D eigenvalue weighted by Crippen LogP contribution is 2.22. The third-order valence-electron chi connectivity index (χ3n) is 3.90. The number of aryl methyl sites for hydroxylation is 1. The Bertz CT molecular complexity index is 444. The zero-order chi connectivity index (χ0) is 15.1. The molecule has 0 aromatic carbocycles. The quantitative estimate of drug-likeness (QED) is 0.721. The Hall–Kier alpha value is -1.36. The number of hydrogen-bond acceptors (Lipinski definition) is 5. The first-order valence-corrected chi connectivity index (χ1v) is 8.21. The van der Waals surface area contributed by atoms with E-state index in [-0.39, 0.29) is 0 Å². The Balaban J connectivity index is 1.89. The number of anilines is 2. The summed E-state index contributed by atoms with van der Waals surface area (Å²) in [7, 11) is 0. The highest BCUT2D eigenvalue weighted by molar-refractivity contribution is 5.57. The lowest BCUT2D eigenvalue weighted by atomic mass is 10.3. The first-order valence-electron chi connectivity index (χ1n) is 8.21. The van der Waals surface area contributed by atoms with Crippen LogP contribution in [0.1, 0.15) is 50.9 Å². The molecule has 0 spiro atoms. The fourth-order valence-corrected chi connectivity index (χ4v) is 2.68. The number of nitrogens with zero attached hydrogens (tertiary/aromatic N) is 2. The summed E-state index contributed by atoms with van der Waals surface area (Å²) in [5.41, 5.74) is 1.08. The second-order valence-electron chi connectivity index (χ2n) is 5.55. The summed E-state index contributed by atoms with van der Waals surface area (Å²) in [4.78, 5) is 9.12. The van der Waals surface area contributed by atoms with Crippen LogP contribution < -0.4 is 10.6 Å². The summed E-state index contributed by atoms with van der Waals surface area (Å²) in [5, 5.41) is 6.70. The smallest absolute Gasteiger partial charge is 0.134 e. The largest absolute Gasteiger partial charge is 0.376 e. The zero-order valence-corrected chi connectivity index (χ0v) is 13.5. The molecule has 2 N–H and O–H groups in total. The van der Waals surface area contributed by atoms with E-state index in [0.717, 1.165) is 49.1 Å². The molecular formula is C16H28N4O. The summed E-state index contributed by atoms with van der Waals surface area (Å²) in [6.45, 7) is 8.61. The van der Waals surface area contributed by atoms with Gasteiger partial charge in [-0.25, -0.2) is 9.97 Å². The second-order valence-corrected chi connectivity index (χ2v) is 5.55. The van der Waals surface area contributed by atoms with Gasteiger partial charge in [-0.15, -0.1) is 0 Å². The summed E-state index contributed by atoms with van der Waals surface area (Å²) in [6.07, 6.45) is 6.38. The molecule has 5 heteroatoms. The van der Waals surface area contributed by atoms with E-state index < -0.39 is 0 Å². The van der Waals surface area contributed by atoms with Gasteiger partial charge in [-0.1, -0.05) is 19.8 Å². The first-order chi connectivity index (χ1) is 10.2. The third-order valence-corrected chi connectivity index (χ3v) is 3.90. The van der Waals surface area contributed by atoms with Gasteiger partial charge in [0.15, 0.2) is 0 Å². The van der Waals surface area contributed by atoms with E-state index >= 15 is 0 Å². The van der Waals surface area contributed by atoms with Gasteiger partial charge in [0.25, 0.3) is 0 Å². The number of hydrogen-bond donors (Lipinski definition) is 2. The lowest BCUT2D eigenvalue weighted by Crippen LogP contribution is -2.17. The van der Waals surface area contributed by atoms with Crippen LogP contribution in [0.5, 0.6) is 0 Å². The van der Waals surface area contributed by atoms with E-state index in [1.165, 1.54) is 25.7 Å². The zero-order valence-electron chi connectivity index (χ0n) is 13.5. The Labute approximate surface area is 127 Å². The molecule has 5 nitrogen and oxygen atoms in total. The Kier molecular flexibility index (Phi) is 6.23. The summed E-state index contributed by atoms with van der Waals surface area (Å²) in [6, 6.07) is 0. The number of nitrogens with one attached hydrogen (secondary N) is 2. The molecule has 0 unspecified atom stereocenters. The van der Waals surface area contributed by atoms with E-state index in [0.29, 0.717) is 6.10 Å². The van der Waals surface area contributed by atoms with Crippen LogP contribution >= 0.6 is 0 Å². The van der Waals surface area contributed by atoms with Crippen LogP contribution in [0, 0.1) is 6.92 Å². The molecule has 1 saturated carbocycles. The highest BCUT2D eigenvalue weighted by Gasteiger charge is 2.15. The Morgan fingerprint density at radius 2 is 1.76 bits per heavy atom. The molecule has 1 aromatic rings. The summed E-state index contributed by atoms with van der Waals surface area (Å²) < 4.78 is 5.88. The summed E-state index contributed by atoms with van der Waals surface area (Å²) >= 11 is 0. The van der Waals surface area contributed by atoms with Crippen molar-refractivity contribution in [2.24, 2.45) is 0 Å². The molecule has 1 aromatic heterocycles. The van der Waals surface area contributed by atoms with Crippen LogP contribution in [0.4, 0.5) is 11.6 Å². The van der Waals surface area contributed by atoms with Gasteiger partial charge in [-0.05, 0) is 26.7 Å². The van der Waals surface area contributed by atoms with Gasteiger partial charge in [0.2, 0.25) is 0 Å². The summed E-state index contributed by atoms with van der Waals surface area (Å²) in [5.74, 6) is 2.73. The highest BCUT2D eigenvalue weighted by atomic mass is 16.5. The minimum Gasteiger partial charge on any atom is -0.376 e. The molecule has 1 fully saturated rings. The van der Waals surface area contributed by atoms with Crippen molar-refractivity contribution in [1.82, 2.24) is 9.97 Å². The van der Waals surface area contributed by atoms with Crippen LogP contribution in [-0.2, 0) is 11.2 Å². The number of aromatic nitrogens is 2. The number of ether oxygens (including phenoxy) is 1. The van der Waals surface area contributed by atoms with Gasteiger partial charge in [0.1, 0.15) is 17.5 Å². The van der Waals surface area contributed by atoms with Gasteiger partial charge in [-0.3, -0.25) is 0 Å². The fourth-order valence-electron chi connectivity index (χ4n) is 2.68. The van der Waals surface area contributed by atoms with Gasteiger partial charge >= 0.3 is 0 Å². The number of rotatable bonds is 8. The maximum atomic E-state index is 5.88. The van der Waals surface area contributed by atoms with Gasteiger partial charge < -0.3 is 15.4 Å². The van der Waals surface area contributed by atoms with E-state index in [1.807, 2.05) is 0 Å². The molecule has 0 amide bonds. The molecule has 0 aliphatic heterocycles. The predicted molar refractivity (Wildman–Crippen MR) is 87.0 cm³/mol. The van der Waals surface area contributed by atoms with Crippen molar-refractivity contribution in [3.05, 3.63) is 11.4 Å². The minimum absolute atomic E-state index is 0.474. The van der Waals surface area contributed by atoms with Crippen molar-refractivity contribution in [1.29, 1.82) is 0 Å². The maximum absolute atomic E-state index is 5.88. The predicted octanol–water partition coefficient (Wildman–Crippen LogP) is 3.15. The van der Waals surface area contributed by atoms with Crippen molar-refractivity contribution < 1.29 is 4.74 Å². The molecule has 0 bridgehead atoms. The van der Waals surface area contributed by atoms with Crippen molar-refractivity contribution in [3.8, 4) is 0 Å². The van der Waals surface area contributed by atoms with Crippen molar-refractivity contribution >= 4 is 11.6 Å². The monoisotopic (exact) mass is 292 g/mol. The van der Waals surface area contributed by atoms with Crippen LogP contribution in [0.2, 0.25) is 0 Å². The standard InChI is InChI=1S/C16H28N4O/c1-4-14-19-15(17-5-2)12(3)16(20-14)18-10-11-21-13-8-6-7-9-13/h13H,4-11H2,1-3H3,(H2,17,18,19,20). The molecule has 0 saturated heterocycles. The van der Waals surface area contributed by atoms with Gasteiger partial charge in [0.05, 0.1) is 12.7 Å². The van der Waals surface area contributed by atoms with Crippen molar-refractivity contribution in [2.75, 3.05) is 30.3 Å². The molecule has 1 aliphatic rings. The molecule has 118 valence electrons. The topological polar surface area (TPSA) is 59.1 Å². The average molecular weight is 292 g/mol. The van der Waals surface area contributed by atoms with E-state index in [2.05, 4.69) is 41.4 Å². The molecular weight excluding hydrogens is 264 g/mol. The average Bonchev–Trinajstić information content (AvgIpc) is 3.00. The molecule has 21 heavy (non-hydrogen) atoms. The van der Waals surface area contributed by atoms with Crippen LogP contribution in [0.3, 0.4) is 0 Å². The van der Waals surface area contributed by atoms with Crippen LogP contribution in [-0.4, -0.2) is 35.8 Å². The van der Waals surface area contributed by atoms with Crippen LogP contribution in [0.15, 0.2) is 0 Å². The SMILES string of the molecule is CCNc1nc(CC)nc(NCCOC2CCCC2)c1C. The van der Waals surface area contributed by atoms with Crippen LogP contribution in [0.25, 0.3) is 0 Å². The van der Waals surface area contributed by atoms with E-state index in [4.69, 9.17) is 4.74 Å². The van der Waals surface area contributed by atoms with Crippen molar-refractivity contribution in [2.45, 2.75) is 59.0 Å². The molecule has 0 atom stereocenters. The normalized spacial score (nSPS) is 15.4. The van der Waals surface area contributed by atoms with E-state index in [1.54, 1.807) is 0 Å². The lowest BCUT2D eigenvalue weighted by Gasteiger charge is -2.15. The molecule has 2 rings (SSSR count). The minimum atomic E-state index is 0.474. The first kappa shape index (κ1) is 16.0. The lowest BCUT2D eigenvalue weighted by molar-refractivity contribution is 0.0658. The Morgan fingerprint density at radius 3 is 2.38 bits per heavy atom. The van der Waals surface area contributed by atoms with Gasteiger partial charge in [0, 0.05) is 25.1 Å². The van der Waals surface area contributed by atoms with E-state index in [9.17, 15) is 0 Å².